The molecule has 0 radical (unpaired) electrons. The third-order valence-electron chi connectivity index (χ3n) is 9.11. The minimum Gasteiger partial charge on any atom is -0.506 e. The van der Waals surface area contributed by atoms with E-state index in [0.717, 1.165) is 28.1 Å². The Morgan fingerprint density at radius 2 is 1.39 bits per heavy atom. The summed E-state index contributed by atoms with van der Waals surface area (Å²) in [6.07, 6.45) is 9.64. The first-order valence-electron chi connectivity index (χ1n) is 17.6. The second kappa shape index (κ2) is 18.7. The number of aliphatic hydroxyl groups excluding tert-OH is 1. The molecule has 3 aromatic heterocycles. The van der Waals surface area contributed by atoms with Gasteiger partial charge in [0.25, 0.3) is 0 Å². The van der Waals surface area contributed by atoms with Crippen LogP contribution < -0.4 is 4.90 Å². The molecular weight excluding hydrogens is 686 g/mol. The summed E-state index contributed by atoms with van der Waals surface area (Å²) >= 11 is 0. The van der Waals surface area contributed by atoms with Gasteiger partial charge in [0.15, 0.2) is 0 Å². The number of benzene rings is 2. The van der Waals surface area contributed by atoms with Crippen molar-refractivity contribution >= 4 is 29.2 Å². The predicted molar refractivity (Wildman–Crippen MR) is 203 cm³/mol. The molecule has 6 rings (SSSR count). The van der Waals surface area contributed by atoms with Gasteiger partial charge in [-0.05, 0) is 93.0 Å². The number of pyridine rings is 3. The zero-order chi connectivity index (χ0) is 38.5. The molecule has 5 aromatic rings. The molecule has 2 N–H and O–H groups in total. The number of amides is 1. The van der Waals surface area contributed by atoms with Crippen LogP contribution in [0, 0.1) is 6.92 Å². The molecule has 0 spiro atoms. The number of fused-ring (bicyclic) bond motifs is 1. The lowest BCUT2D eigenvalue weighted by Gasteiger charge is -2.29. The van der Waals surface area contributed by atoms with Crippen molar-refractivity contribution in [3.8, 4) is 5.75 Å². The lowest BCUT2D eigenvalue weighted by atomic mass is 9.72. The minimum absolute atomic E-state index is 0.0590. The van der Waals surface area contributed by atoms with Crippen molar-refractivity contribution in [2.24, 2.45) is 0 Å². The summed E-state index contributed by atoms with van der Waals surface area (Å²) in [6, 6.07) is 26.0. The van der Waals surface area contributed by atoms with Crippen LogP contribution in [0.5, 0.6) is 5.75 Å². The van der Waals surface area contributed by atoms with Gasteiger partial charge in [-0.15, -0.1) is 0 Å². The molecule has 0 bridgehead atoms. The summed E-state index contributed by atoms with van der Waals surface area (Å²) in [5, 5.41) is 19.1. The van der Waals surface area contributed by atoms with Crippen LogP contribution in [0.4, 0.5) is 11.4 Å². The molecule has 12 heteroatoms. The smallest absolute Gasteiger partial charge is 0.306 e. The highest BCUT2D eigenvalue weighted by Crippen LogP contribution is 2.48. The summed E-state index contributed by atoms with van der Waals surface area (Å²) in [5.41, 5.74) is 5.48. The zero-order valence-electron chi connectivity index (χ0n) is 30.7. The van der Waals surface area contributed by atoms with Crippen LogP contribution in [0.3, 0.4) is 0 Å². The van der Waals surface area contributed by atoms with Crippen LogP contribution in [0.1, 0.15) is 46.4 Å². The Labute approximate surface area is 315 Å². The number of likely N-dealkylation sites (N-methyl/N-ethyl adjacent to an activating group) is 1. The Hall–Kier alpha value is -5.98. The largest absolute Gasteiger partial charge is 0.506 e. The van der Waals surface area contributed by atoms with Gasteiger partial charge >= 0.3 is 11.9 Å². The van der Waals surface area contributed by atoms with E-state index in [1.54, 1.807) is 31.7 Å². The number of aromatic nitrogens is 3. The number of esters is 2. The molecular formula is C42H45N5O7. The monoisotopic (exact) mass is 731 g/mol. The SMILES string of the molecule is Cc1ncc(COC(=O)CCC(=O)OCCN(C)C)c(CO)c1O.O=C1N(c2ccccc2)c2ccccc2C1(Cc1ccncc1)Cc1ccncc1. The Bertz CT molecular complexity index is 1970. The van der Waals surface area contributed by atoms with Crippen LogP contribution in [-0.2, 0) is 55.3 Å². The Balaban J connectivity index is 0.000000214. The molecule has 1 amide bonds. The summed E-state index contributed by atoms with van der Waals surface area (Å²) in [6.45, 7) is 1.97. The first kappa shape index (κ1) is 39.2. The molecule has 0 unspecified atom stereocenters. The van der Waals surface area contributed by atoms with E-state index >= 15 is 0 Å². The number of ether oxygens (including phenoxy) is 2. The highest BCUT2D eigenvalue weighted by atomic mass is 16.5. The maximum atomic E-state index is 14.2. The number of hydrogen-bond acceptors (Lipinski definition) is 11. The van der Waals surface area contributed by atoms with E-state index in [0.29, 0.717) is 30.6 Å². The lowest BCUT2D eigenvalue weighted by Crippen LogP contribution is -2.42. The second-order valence-electron chi connectivity index (χ2n) is 13.2. The molecule has 4 heterocycles. The quantitative estimate of drug-likeness (QED) is 0.141. The maximum Gasteiger partial charge on any atom is 0.306 e. The van der Waals surface area contributed by atoms with Crippen molar-refractivity contribution in [1.29, 1.82) is 0 Å². The molecule has 0 saturated heterocycles. The van der Waals surface area contributed by atoms with Crippen molar-refractivity contribution in [2.45, 2.75) is 51.2 Å². The summed E-state index contributed by atoms with van der Waals surface area (Å²) < 4.78 is 10.0. The number of anilines is 2. The van der Waals surface area contributed by atoms with Gasteiger partial charge in [0.2, 0.25) is 5.91 Å². The molecule has 1 aliphatic rings. The van der Waals surface area contributed by atoms with Gasteiger partial charge in [-0.1, -0.05) is 36.4 Å². The normalized spacial score (nSPS) is 12.8. The van der Waals surface area contributed by atoms with Gasteiger partial charge in [-0.25, -0.2) is 0 Å². The average Bonchev–Trinajstić information content (AvgIpc) is 3.42. The van der Waals surface area contributed by atoms with Crippen molar-refractivity contribution in [1.82, 2.24) is 19.9 Å². The number of rotatable bonds is 14. The maximum absolute atomic E-state index is 14.2. The van der Waals surface area contributed by atoms with E-state index in [-0.39, 0.29) is 49.9 Å². The van der Waals surface area contributed by atoms with Crippen molar-refractivity contribution in [2.75, 3.05) is 32.1 Å². The number of aromatic hydroxyl groups is 1. The van der Waals surface area contributed by atoms with Gasteiger partial charge in [0, 0.05) is 54.3 Å². The summed E-state index contributed by atoms with van der Waals surface area (Å²) in [4.78, 5) is 53.3. The van der Waals surface area contributed by atoms with Crippen LogP contribution in [-0.4, -0.2) is 75.2 Å². The first-order chi connectivity index (χ1) is 26.1. The fourth-order valence-electron chi connectivity index (χ4n) is 6.28. The van der Waals surface area contributed by atoms with E-state index in [2.05, 4.69) is 21.0 Å². The number of hydrogen-bond donors (Lipinski definition) is 2. The highest BCUT2D eigenvalue weighted by Gasteiger charge is 2.51. The number of aliphatic hydroxyl groups is 1. The fourth-order valence-corrected chi connectivity index (χ4v) is 6.28. The van der Waals surface area contributed by atoms with Gasteiger partial charge in [-0.2, -0.15) is 0 Å². The summed E-state index contributed by atoms with van der Waals surface area (Å²) in [7, 11) is 3.73. The van der Waals surface area contributed by atoms with E-state index in [1.165, 1.54) is 6.20 Å². The van der Waals surface area contributed by atoms with Crippen molar-refractivity contribution in [3.05, 3.63) is 143 Å². The molecule has 0 fully saturated rings. The highest BCUT2D eigenvalue weighted by molar-refractivity contribution is 6.13. The van der Waals surface area contributed by atoms with Crippen molar-refractivity contribution in [3.63, 3.8) is 0 Å². The molecule has 0 atom stereocenters. The Morgan fingerprint density at radius 1 is 0.815 bits per heavy atom. The molecule has 2 aromatic carbocycles. The number of para-hydroxylation sites is 2. The summed E-state index contributed by atoms with van der Waals surface area (Å²) in [5.74, 6) is -1.04. The third kappa shape index (κ3) is 9.71. The Morgan fingerprint density at radius 3 is 1.98 bits per heavy atom. The zero-order valence-corrected chi connectivity index (χ0v) is 30.7. The third-order valence-corrected chi connectivity index (χ3v) is 9.11. The number of aryl methyl sites for hydroxylation is 1. The van der Waals surface area contributed by atoms with Crippen LogP contribution in [0.25, 0.3) is 0 Å². The molecule has 0 aliphatic carbocycles. The van der Waals surface area contributed by atoms with E-state index in [4.69, 9.17) is 9.47 Å². The van der Waals surface area contributed by atoms with E-state index in [1.807, 2.05) is 96.7 Å². The number of nitrogens with zero attached hydrogens (tertiary/aromatic N) is 5. The van der Waals surface area contributed by atoms with Gasteiger partial charge in [0.1, 0.15) is 19.0 Å². The van der Waals surface area contributed by atoms with Crippen LogP contribution in [0.2, 0.25) is 0 Å². The molecule has 54 heavy (non-hydrogen) atoms. The lowest BCUT2D eigenvalue weighted by molar-refractivity contribution is -0.151. The van der Waals surface area contributed by atoms with Crippen LogP contribution in [0.15, 0.2) is 110 Å². The predicted octanol–water partition coefficient (Wildman–Crippen LogP) is 5.39. The van der Waals surface area contributed by atoms with E-state index in [9.17, 15) is 24.6 Å². The molecule has 0 saturated carbocycles. The second-order valence-corrected chi connectivity index (χ2v) is 13.2. The molecule has 1 aliphatic heterocycles. The fraction of sp³-hybridized carbons (Fsp3) is 0.286. The Kier molecular flexibility index (Phi) is 13.6. The standard InChI is InChI=1S/C26H21N3O.C16H24N2O6/c30-25-26(18-20-10-14-27-15-11-20,19-21-12-16-28-17-13-21)23-8-4-5-9-24(23)29(25)22-6-2-1-3-7-22;1-11-16(22)13(9-19)12(8-17-11)10-24-15(21)5-4-14(20)23-7-6-18(2)3/h1-17H,18-19H2;8,19,22H,4-7,9-10H2,1-3H3. The number of carbonyl (C=O) groups excluding carboxylic acids is 3. The van der Waals surface area contributed by atoms with E-state index < -0.39 is 17.4 Å². The van der Waals surface area contributed by atoms with Gasteiger partial charge in [-0.3, -0.25) is 34.2 Å². The first-order valence-corrected chi connectivity index (χ1v) is 17.6. The van der Waals surface area contributed by atoms with Crippen LogP contribution >= 0.6 is 0 Å². The topological polar surface area (TPSA) is 155 Å². The van der Waals surface area contributed by atoms with Crippen molar-refractivity contribution < 1.29 is 34.1 Å². The number of carbonyl (C=O) groups is 3. The van der Waals surface area contributed by atoms with Gasteiger partial charge < -0.3 is 24.6 Å². The molecule has 12 nitrogen and oxygen atoms in total. The molecule has 280 valence electrons. The average molecular weight is 732 g/mol. The minimum atomic E-state index is -0.699. The van der Waals surface area contributed by atoms with Gasteiger partial charge in [0.05, 0.1) is 36.2 Å².